The zero-order valence-corrected chi connectivity index (χ0v) is 32.6. The molecule has 0 fully saturated rings. The summed E-state index contributed by atoms with van der Waals surface area (Å²) >= 11 is 2.36. The van der Waals surface area contributed by atoms with Crippen LogP contribution in [0.1, 0.15) is 0 Å². The Bertz CT molecular complexity index is 3240. The maximum absolute atomic E-state index is 6.50. The minimum absolute atomic E-state index is 0.620. The second kappa shape index (κ2) is 13.7. The lowest BCUT2D eigenvalue weighted by atomic mass is 9.96. The van der Waals surface area contributed by atoms with Gasteiger partial charge in [0.1, 0.15) is 11.2 Å². The van der Waals surface area contributed by atoms with Crippen molar-refractivity contribution in [2.75, 3.05) is 0 Å². The van der Waals surface area contributed by atoms with Crippen LogP contribution in [0.15, 0.2) is 192 Å². The van der Waals surface area contributed by atoms with E-state index < -0.39 is 0 Å². The van der Waals surface area contributed by atoms with Crippen LogP contribution in [-0.4, -0.2) is 19.5 Å². The molecule has 268 valence electrons. The lowest BCUT2D eigenvalue weighted by Crippen LogP contribution is -2.00. The number of nitrogens with zero attached hydrogens (tertiary/aromatic N) is 4. The van der Waals surface area contributed by atoms with Crippen LogP contribution in [0.4, 0.5) is 0 Å². The molecule has 11 rings (SSSR count). The van der Waals surface area contributed by atoms with E-state index in [2.05, 4.69) is 155 Å². The minimum atomic E-state index is 0.620. The number of halogens is 1. The number of furan rings is 1. The predicted octanol–water partition coefficient (Wildman–Crippen LogP) is 13.8. The van der Waals surface area contributed by atoms with Gasteiger partial charge in [0.05, 0.1) is 11.0 Å². The highest BCUT2D eigenvalue weighted by atomic mass is 127. The van der Waals surface area contributed by atoms with Crippen molar-refractivity contribution in [2.45, 2.75) is 0 Å². The Kier molecular flexibility index (Phi) is 8.03. The summed E-state index contributed by atoms with van der Waals surface area (Å²) in [6.07, 6.45) is 0. The number of aromatic nitrogens is 4. The monoisotopic (exact) mass is 842 g/mol. The van der Waals surface area contributed by atoms with Crippen LogP contribution in [-0.2, 0) is 0 Å². The molecule has 0 aliphatic carbocycles. The summed E-state index contributed by atoms with van der Waals surface area (Å²) < 4.78 is 10.1. The topological polar surface area (TPSA) is 56.7 Å². The van der Waals surface area contributed by atoms with E-state index in [0.717, 1.165) is 66.6 Å². The number of hydrogen-bond acceptors (Lipinski definition) is 4. The highest BCUT2D eigenvalue weighted by Gasteiger charge is 2.18. The first-order valence-electron chi connectivity index (χ1n) is 18.9. The van der Waals surface area contributed by atoms with E-state index in [0.29, 0.717) is 17.5 Å². The first-order chi connectivity index (χ1) is 28.1. The smallest absolute Gasteiger partial charge is 0.164 e. The summed E-state index contributed by atoms with van der Waals surface area (Å²) in [5.41, 5.74) is 12.4. The van der Waals surface area contributed by atoms with Gasteiger partial charge in [0.25, 0.3) is 0 Å². The summed E-state index contributed by atoms with van der Waals surface area (Å²) in [7, 11) is 0. The number of hydrogen-bond donors (Lipinski definition) is 0. The molecule has 0 amide bonds. The largest absolute Gasteiger partial charge is 0.456 e. The lowest BCUT2D eigenvalue weighted by molar-refractivity contribution is 0.669. The number of benzene rings is 8. The molecule has 57 heavy (non-hydrogen) atoms. The molecule has 0 saturated carbocycles. The van der Waals surface area contributed by atoms with Gasteiger partial charge in [-0.2, -0.15) is 0 Å². The molecule has 0 N–H and O–H groups in total. The van der Waals surface area contributed by atoms with Gasteiger partial charge in [0.2, 0.25) is 0 Å². The average Bonchev–Trinajstić information content (AvgIpc) is 3.82. The molecule has 0 saturated heterocycles. The molecule has 0 radical (unpaired) electrons. The van der Waals surface area contributed by atoms with Crippen LogP contribution in [0.3, 0.4) is 0 Å². The maximum Gasteiger partial charge on any atom is 0.164 e. The van der Waals surface area contributed by atoms with Crippen molar-refractivity contribution in [3.05, 3.63) is 192 Å². The summed E-state index contributed by atoms with van der Waals surface area (Å²) in [6.45, 7) is 0. The zero-order chi connectivity index (χ0) is 37.9. The lowest BCUT2D eigenvalue weighted by Gasteiger charge is -2.10. The van der Waals surface area contributed by atoms with Crippen molar-refractivity contribution >= 4 is 66.3 Å². The molecule has 0 atom stereocenters. The molecule has 0 bridgehead atoms. The Balaban J connectivity index is 1.03. The van der Waals surface area contributed by atoms with Gasteiger partial charge < -0.3 is 8.98 Å². The molecular weight excluding hydrogens is 811 g/mol. The highest BCUT2D eigenvalue weighted by Crippen LogP contribution is 2.41. The van der Waals surface area contributed by atoms with E-state index in [1.54, 1.807) is 0 Å². The van der Waals surface area contributed by atoms with Gasteiger partial charge in [-0.15, -0.1) is 0 Å². The molecule has 0 spiro atoms. The van der Waals surface area contributed by atoms with Gasteiger partial charge in [0, 0.05) is 47.5 Å². The Morgan fingerprint density at radius 1 is 0.386 bits per heavy atom. The molecule has 0 aliphatic rings. The Hall–Kier alpha value is -6.90. The molecule has 5 nitrogen and oxygen atoms in total. The molecule has 6 heteroatoms. The second-order valence-corrected chi connectivity index (χ2v) is 15.4. The standard InChI is InChI=1S/C51H31IN4O/c52-38-23-25-39(26-24-38)56-44-19-8-7-17-41(44)42-30-34(21-27-45(42)56)35-22-28-46-43(31-35)48-40(18-10-20-47(48)57-46)36-15-9-16-37(29-36)51-54-49(32-11-3-1-4-12-32)53-50(55-51)33-13-5-2-6-14-33/h1-31H. The fourth-order valence-electron chi connectivity index (χ4n) is 8.03. The van der Waals surface area contributed by atoms with Crippen molar-refractivity contribution in [3.63, 3.8) is 0 Å². The van der Waals surface area contributed by atoms with E-state index in [1.807, 2.05) is 60.7 Å². The minimum Gasteiger partial charge on any atom is -0.456 e. The van der Waals surface area contributed by atoms with E-state index >= 15 is 0 Å². The van der Waals surface area contributed by atoms with Gasteiger partial charge in [-0.1, -0.05) is 121 Å². The molecule has 0 aliphatic heterocycles. The van der Waals surface area contributed by atoms with Crippen LogP contribution in [0.5, 0.6) is 0 Å². The third-order valence-corrected chi connectivity index (χ3v) is 11.4. The van der Waals surface area contributed by atoms with Gasteiger partial charge in [-0.05, 0) is 112 Å². The van der Waals surface area contributed by atoms with Crippen molar-refractivity contribution in [1.29, 1.82) is 0 Å². The van der Waals surface area contributed by atoms with Crippen LogP contribution in [0, 0.1) is 3.57 Å². The fraction of sp³-hybridized carbons (Fsp3) is 0. The first kappa shape index (κ1) is 33.4. The van der Waals surface area contributed by atoms with Crippen molar-refractivity contribution in [3.8, 4) is 62.1 Å². The average molecular weight is 843 g/mol. The van der Waals surface area contributed by atoms with Gasteiger partial charge in [-0.3, -0.25) is 0 Å². The number of para-hydroxylation sites is 1. The third kappa shape index (κ3) is 5.88. The summed E-state index contributed by atoms with van der Waals surface area (Å²) in [6, 6.07) is 65.7. The SMILES string of the molecule is Ic1ccc(-n2c3ccccc3c3cc(-c4ccc5oc6cccc(-c7cccc(-c8nc(-c9ccccc9)nc(-c9ccccc9)n8)c7)c6c5c4)ccc32)cc1. The number of fused-ring (bicyclic) bond motifs is 6. The molecule has 0 unspecified atom stereocenters. The maximum atomic E-state index is 6.50. The second-order valence-electron chi connectivity index (χ2n) is 14.2. The molecular formula is C51H31IN4O. The zero-order valence-electron chi connectivity index (χ0n) is 30.5. The molecule has 11 aromatic rings. The summed E-state index contributed by atoms with van der Waals surface area (Å²) in [4.78, 5) is 14.9. The van der Waals surface area contributed by atoms with Crippen molar-refractivity contribution < 1.29 is 4.42 Å². The number of rotatable bonds is 6. The molecule has 3 heterocycles. The van der Waals surface area contributed by atoms with Crippen LogP contribution < -0.4 is 0 Å². The molecule has 8 aromatic carbocycles. The van der Waals surface area contributed by atoms with Crippen LogP contribution in [0.2, 0.25) is 0 Å². The Morgan fingerprint density at radius 2 is 0.965 bits per heavy atom. The van der Waals surface area contributed by atoms with Crippen LogP contribution in [0.25, 0.3) is 106 Å². The highest BCUT2D eigenvalue weighted by molar-refractivity contribution is 14.1. The Morgan fingerprint density at radius 3 is 1.70 bits per heavy atom. The summed E-state index contributed by atoms with van der Waals surface area (Å²) in [5, 5.41) is 4.60. The van der Waals surface area contributed by atoms with Gasteiger partial charge in [-0.25, -0.2) is 15.0 Å². The first-order valence-corrected chi connectivity index (χ1v) is 19.9. The third-order valence-electron chi connectivity index (χ3n) is 10.7. The molecule has 3 aromatic heterocycles. The van der Waals surface area contributed by atoms with E-state index in [9.17, 15) is 0 Å². The predicted molar refractivity (Wildman–Crippen MR) is 241 cm³/mol. The van der Waals surface area contributed by atoms with Crippen molar-refractivity contribution in [1.82, 2.24) is 19.5 Å². The summed E-state index contributed by atoms with van der Waals surface area (Å²) in [5.74, 6) is 1.89. The normalized spacial score (nSPS) is 11.6. The van der Waals surface area contributed by atoms with Gasteiger partial charge in [0.15, 0.2) is 17.5 Å². The quantitative estimate of drug-likeness (QED) is 0.157. The van der Waals surface area contributed by atoms with Crippen molar-refractivity contribution in [2.24, 2.45) is 0 Å². The fourth-order valence-corrected chi connectivity index (χ4v) is 8.39. The van der Waals surface area contributed by atoms with Crippen LogP contribution >= 0.6 is 22.6 Å². The van der Waals surface area contributed by atoms with Gasteiger partial charge >= 0.3 is 0 Å². The Labute approximate surface area is 342 Å². The van der Waals surface area contributed by atoms with E-state index in [4.69, 9.17) is 19.4 Å². The van der Waals surface area contributed by atoms with E-state index in [-0.39, 0.29) is 0 Å². The van der Waals surface area contributed by atoms with E-state index in [1.165, 1.54) is 25.4 Å².